The fourth-order valence-corrected chi connectivity index (χ4v) is 0.896. The van der Waals surface area contributed by atoms with Crippen molar-refractivity contribution in [2.45, 2.75) is 13.0 Å². The molecule has 4 nitrogen and oxygen atoms in total. The topological polar surface area (TPSA) is 74.8 Å². The molecule has 1 aromatic rings. The lowest BCUT2D eigenvalue weighted by molar-refractivity contribution is 0.818. The highest BCUT2D eigenvalue weighted by atomic mass is 15.1. The van der Waals surface area contributed by atoms with E-state index in [9.17, 15) is 0 Å². The molecule has 1 atom stereocenters. The largest absolute Gasteiger partial charge is 0.324 e. The van der Waals surface area contributed by atoms with Crippen LogP contribution in [0.4, 0.5) is 5.69 Å². The van der Waals surface area contributed by atoms with E-state index in [0.717, 1.165) is 5.56 Å². The summed E-state index contributed by atoms with van der Waals surface area (Å²) in [4.78, 5) is 2.67. The Labute approximate surface area is 70.6 Å². The fourth-order valence-electron chi connectivity index (χ4n) is 0.896. The Bertz CT molecular complexity index is 295. The van der Waals surface area contributed by atoms with Crippen LogP contribution in [0.3, 0.4) is 0 Å². The first-order chi connectivity index (χ1) is 5.74. The number of hydrogen-bond acceptors (Lipinski definition) is 2. The van der Waals surface area contributed by atoms with Crippen LogP contribution in [-0.2, 0) is 0 Å². The van der Waals surface area contributed by atoms with Crippen LogP contribution in [0.1, 0.15) is 18.5 Å². The molecule has 1 aromatic carbocycles. The summed E-state index contributed by atoms with van der Waals surface area (Å²) in [6.07, 6.45) is 0. The molecule has 4 heteroatoms. The third kappa shape index (κ3) is 1.99. The van der Waals surface area contributed by atoms with E-state index in [-0.39, 0.29) is 6.04 Å². The summed E-state index contributed by atoms with van der Waals surface area (Å²) in [5, 5.41) is 3.45. The Kier molecular flexibility index (Phi) is 2.69. The van der Waals surface area contributed by atoms with E-state index in [1.54, 1.807) is 12.1 Å². The number of azide groups is 1. The van der Waals surface area contributed by atoms with E-state index >= 15 is 0 Å². The van der Waals surface area contributed by atoms with Gasteiger partial charge in [-0.3, -0.25) is 0 Å². The maximum absolute atomic E-state index is 8.13. The van der Waals surface area contributed by atoms with Crippen molar-refractivity contribution in [3.63, 3.8) is 0 Å². The Hall–Kier alpha value is -1.51. The third-order valence-electron chi connectivity index (χ3n) is 1.58. The normalized spacial score (nSPS) is 11.8. The number of benzene rings is 1. The second kappa shape index (κ2) is 3.76. The average molecular weight is 162 g/mol. The lowest BCUT2D eigenvalue weighted by atomic mass is 10.1. The van der Waals surface area contributed by atoms with Crippen molar-refractivity contribution < 1.29 is 0 Å². The standard InChI is InChI=1S/C8H10N4/c1-6(9)7-2-4-8(5-3-7)11-12-10/h2-6H,9H2,1H3. The van der Waals surface area contributed by atoms with E-state index in [0.29, 0.717) is 5.69 Å². The van der Waals surface area contributed by atoms with E-state index in [2.05, 4.69) is 10.0 Å². The monoisotopic (exact) mass is 162 g/mol. The van der Waals surface area contributed by atoms with Gasteiger partial charge >= 0.3 is 0 Å². The molecule has 0 spiro atoms. The molecule has 0 aliphatic carbocycles. The van der Waals surface area contributed by atoms with Crippen molar-refractivity contribution in [1.29, 1.82) is 0 Å². The van der Waals surface area contributed by atoms with Crippen LogP contribution in [0.2, 0.25) is 0 Å². The SMILES string of the molecule is CC(N)c1ccc(N=[N+]=[N-])cc1. The molecule has 0 bridgehead atoms. The van der Waals surface area contributed by atoms with Crippen molar-refractivity contribution in [3.05, 3.63) is 40.3 Å². The molecule has 1 unspecified atom stereocenters. The predicted octanol–water partition coefficient (Wildman–Crippen LogP) is 2.65. The zero-order valence-electron chi connectivity index (χ0n) is 6.81. The van der Waals surface area contributed by atoms with Crippen LogP contribution in [0.25, 0.3) is 10.4 Å². The average Bonchev–Trinajstić information content (AvgIpc) is 2.06. The van der Waals surface area contributed by atoms with Gasteiger partial charge in [-0.05, 0) is 18.0 Å². The summed E-state index contributed by atoms with van der Waals surface area (Å²) in [7, 11) is 0. The Balaban J connectivity index is 2.92. The number of nitrogens with two attached hydrogens (primary N) is 1. The van der Waals surface area contributed by atoms with Crippen LogP contribution < -0.4 is 5.73 Å². The number of rotatable bonds is 2. The second-order valence-electron chi connectivity index (χ2n) is 2.57. The minimum absolute atomic E-state index is 0.0186. The molecule has 2 N–H and O–H groups in total. The molecule has 0 aliphatic heterocycles. The Morgan fingerprint density at radius 3 is 2.42 bits per heavy atom. The highest BCUT2D eigenvalue weighted by Gasteiger charge is 1.96. The quantitative estimate of drug-likeness (QED) is 0.405. The highest BCUT2D eigenvalue weighted by molar-refractivity contribution is 5.39. The number of hydrogen-bond donors (Lipinski definition) is 1. The van der Waals surface area contributed by atoms with Crippen molar-refractivity contribution in [2.75, 3.05) is 0 Å². The minimum atomic E-state index is 0.0186. The molecular formula is C8H10N4. The highest BCUT2D eigenvalue weighted by Crippen LogP contribution is 2.16. The molecule has 0 aromatic heterocycles. The van der Waals surface area contributed by atoms with Gasteiger partial charge in [0.2, 0.25) is 0 Å². The van der Waals surface area contributed by atoms with Crippen molar-refractivity contribution in [1.82, 2.24) is 0 Å². The van der Waals surface area contributed by atoms with E-state index < -0.39 is 0 Å². The number of nitrogens with zero attached hydrogens (tertiary/aromatic N) is 3. The Morgan fingerprint density at radius 2 is 2.00 bits per heavy atom. The molecule has 62 valence electrons. The minimum Gasteiger partial charge on any atom is -0.324 e. The van der Waals surface area contributed by atoms with Gasteiger partial charge in [-0.2, -0.15) is 0 Å². The molecule has 0 amide bonds. The lowest BCUT2D eigenvalue weighted by Gasteiger charge is -2.03. The molecule has 1 rings (SSSR count). The predicted molar refractivity (Wildman–Crippen MR) is 47.9 cm³/mol. The molecule has 12 heavy (non-hydrogen) atoms. The van der Waals surface area contributed by atoms with Gasteiger partial charge in [-0.1, -0.05) is 29.4 Å². The molecule has 0 heterocycles. The summed E-state index contributed by atoms with van der Waals surface area (Å²) >= 11 is 0. The van der Waals surface area contributed by atoms with Crippen LogP contribution >= 0.6 is 0 Å². The maximum atomic E-state index is 8.13. The lowest BCUT2D eigenvalue weighted by Crippen LogP contribution is -2.03. The smallest absolute Gasteiger partial charge is 0.0375 e. The molecule has 0 fully saturated rings. The van der Waals surface area contributed by atoms with E-state index in [1.807, 2.05) is 19.1 Å². The van der Waals surface area contributed by atoms with Gasteiger partial charge in [0, 0.05) is 16.6 Å². The summed E-state index contributed by atoms with van der Waals surface area (Å²) < 4.78 is 0. The summed E-state index contributed by atoms with van der Waals surface area (Å²) in [5.74, 6) is 0. The molecule has 0 saturated carbocycles. The van der Waals surface area contributed by atoms with Gasteiger partial charge < -0.3 is 5.73 Å². The first-order valence-corrected chi connectivity index (χ1v) is 3.64. The molecular weight excluding hydrogens is 152 g/mol. The van der Waals surface area contributed by atoms with Crippen molar-refractivity contribution >= 4 is 5.69 Å². The summed E-state index contributed by atoms with van der Waals surface area (Å²) in [6.45, 7) is 1.91. The second-order valence-corrected chi connectivity index (χ2v) is 2.57. The summed E-state index contributed by atoms with van der Waals surface area (Å²) in [6, 6.07) is 7.23. The van der Waals surface area contributed by atoms with Crippen LogP contribution in [0.15, 0.2) is 29.4 Å². The third-order valence-corrected chi connectivity index (χ3v) is 1.58. The van der Waals surface area contributed by atoms with Gasteiger partial charge in [-0.25, -0.2) is 0 Å². The van der Waals surface area contributed by atoms with Gasteiger partial charge in [0.15, 0.2) is 0 Å². The van der Waals surface area contributed by atoms with Crippen molar-refractivity contribution in [2.24, 2.45) is 10.8 Å². The van der Waals surface area contributed by atoms with Gasteiger partial charge in [0.1, 0.15) is 0 Å². The van der Waals surface area contributed by atoms with Gasteiger partial charge in [0.05, 0.1) is 0 Å². The fraction of sp³-hybridized carbons (Fsp3) is 0.250. The van der Waals surface area contributed by atoms with Gasteiger partial charge in [0.25, 0.3) is 0 Å². The summed E-state index contributed by atoms with van der Waals surface area (Å²) in [5.41, 5.74) is 15.4. The van der Waals surface area contributed by atoms with Crippen LogP contribution in [-0.4, -0.2) is 0 Å². The van der Waals surface area contributed by atoms with E-state index in [1.165, 1.54) is 0 Å². The molecule has 0 saturated heterocycles. The van der Waals surface area contributed by atoms with E-state index in [4.69, 9.17) is 11.3 Å². The van der Waals surface area contributed by atoms with Crippen LogP contribution in [0, 0.1) is 0 Å². The maximum Gasteiger partial charge on any atom is 0.0375 e. The van der Waals surface area contributed by atoms with Crippen LogP contribution in [0.5, 0.6) is 0 Å². The van der Waals surface area contributed by atoms with Gasteiger partial charge in [-0.15, -0.1) is 0 Å². The molecule has 0 radical (unpaired) electrons. The zero-order valence-corrected chi connectivity index (χ0v) is 6.81. The van der Waals surface area contributed by atoms with Crippen molar-refractivity contribution in [3.8, 4) is 0 Å². The zero-order chi connectivity index (χ0) is 8.97. The Morgan fingerprint density at radius 1 is 1.42 bits per heavy atom. The first-order valence-electron chi connectivity index (χ1n) is 3.64. The molecule has 0 aliphatic rings. The first kappa shape index (κ1) is 8.59.